The summed E-state index contributed by atoms with van der Waals surface area (Å²) >= 11 is 0.0906. The molecule has 1 aromatic carbocycles. The van der Waals surface area contributed by atoms with Crippen LogP contribution in [-0.2, 0) is 23.1 Å². The lowest BCUT2D eigenvalue weighted by molar-refractivity contribution is -0.138. The lowest BCUT2D eigenvalue weighted by atomic mass is 10.1. The topological polar surface area (TPSA) is 94.3 Å². The van der Waals surface area contributed by atoms with Crippen LogP contribution in [0.5, 0.6) is 0 Å². The molecule has 7 nitrogen and oxygen atoms in total. The largest absolute Gasteiger partial charge is 0.445 e. The number of hydrogen-bond donors (Lipinski definition) is 0. The maximum absolute atomic E-state index is 13.6. The van der Waals surface area contributed by atoms with Crippen molar-refractivity contribution in [1.29, 1.82) is 0 Å². The van der Waals surface area contributed by atoms with Gasteiger partial charge in [0, 0.05) is 24.9 Å². The molecule has 2 aromatic heterocycles. The van der Waals surface area contributed by atoms with Gasteiger partial charge >= 0.3 is 6.18 Å². The van der Waals surface area contributed by atoms with Gasteiger partial charge in [0.1, 0.15) is 17.3 Å². The Morgan fingerprint density at radius 3 is 2.28 bits per heavy atom. The Hall–Kier alpha value is -3.00. The molecule has 0 saturated heterocycles. The van der Waals surface area contributed by atoms with Gasteiger partial charge in [-0.05, 0) is 23.8 Å². The first-order chi connectivity index (χ1) is 14.8. The number of pyridine rings is 1. The van der Waals surface area contributed by atoms with Crippen molar-refractivity contribution in [2.45, 2.75) is 18.0 Å². The average Bonchev–Trinajstić information content (AvgIpc) is 3.07. The molecule has 1 amide bonds. The normalized spacial score (nSPS) is 12.9. The first-order valence-electron chi connectivity index (χ1n) is 8.71. The van der Waals surface area contributed by atoms with Crippen molar-refractivity contribution in [2.75, 3.05) is 5.75 Å². The van der Waals surface area contributed by atoms with Gasteiger partial charge in [0.15, 0.2) is 9.84 Å². The maximum atomic E-state index is 13.6. The summed E-state index contributed by atoms with van der Waals surface area (Å²) in [5.74, 6) is -3.48. The molecule has 3 aromatic rings. The second kappa shape index (κ2) is 8.50. The maximum Gasteiger partial charge on any atom is 0.445 e. The number of hydrogen-bond acceptors (Lipinski definition) is 6. The Kier molecular flexibility index (Phi) is 6.29. The van der Waals surface area contributed by atoms with E-state index in [1.54, 1.807) is 0 Å². The average molecular weight is 492 g/mol. The summed E-state index contributed by atoms with van der Waals surface area (Å²) < 4.78 is 91.4. The van der Waals surface area contributed by atoms with Crippen molar-refractivity contribution in [3.05, 3.63) is 57.6 Å². The monoisotopic (exact) mass is 492 g/mol. The van der Waals surface area contributed by atoms with Gasteiger partial charge < -0.3 is 0 Å². The van der Waals surface area contributed by atoms with Crippen LogP contribution in [0.15, 0.2) is 40.4 Å². The quantitative estimate of drug-likeness (QED) is 0.521. The molecule has 170 valence electrons. The highest BCUT2D eigenvalue weighted by molar-refractivity contribution is 7.91. The molecule has 0 fully saturated rings. The van der Waals surface area contributed by atoms with Crippen LogP contribution < -0.4 is 4.80 Å². The molecule has 0 N–H and O–H groups in total. The zero-order valence-corrected chi connectivity index (χ0v) is 17.9. The molecule has 2 heterocycles. The van der Waals surface area contributed by atoms with E-state index in [2.05, 4.69) is 15.1 Å². The number of amides is 1. The van der Waals surface area contributed by atoms with Crippen molar-refractivity contribution in [2.24, 2.45) is 12.0 Å². The van der Waals surface area contributed by atoms with Gasteiger partial charge in [-0.2, -0.15) is 23.3 Å². The Labute approximate surface area is 181 Å². The molecule has 3 rings (SSSR count). The highest BCUT2D eigenvalue weighted by Gasteiger charge is 2.35. The number of carbonyl (C=O) groups is 1. The Balaban J connectivity index is 2.16. The predicted molar refractivity (Wildman–Crippen MR) is 103 cm³/mol. The smallest absolute Gasteiger partial charge is 0.265 e. The second-order valence-corrected chi connectivity index (χ2v) is 9.56. The zero-order valence-electron chi connectivity index (χ0n) is 16.3. The number of alkyl halides is 3. The number of benzene rings is 1. The molecule has 0 saturated carbocycles. The highest BCUT2D eigenvalue weighted by Crippen LogP contribution is 2.29. The first kappa shape index (κ1) is 23.7. The SMILES string of the molecule is CCS(=O)(=O)c1cc(-c2cc(F)cc(F)c2)cnc1C(=O)N=c1sc(C(F)(F)F)nn1C. The van der Waals surface area contributed by atoms with Crippen LogP contribution in [0.25, 0.3) is 11.1 Å². The fraction of sp³-hybridized carbons (Fsp3) is 0.222. The number of aromatic nitrogens is 3. The molecular weight excluding hydrogens is 479 g/mol. The van der Waals surface area contributed by atoms with Gasteiger partial charge in [0.2, 0.25) is 9.81 Å². The van der Waals surface area contributed by atoms with E-state index >= 15 is 0 Å². The van der Waals surface area contributed by atoms with E-state index in [0.717, 1.165) is 36.1 Å². The van der Waals surface area contributed by atoms with Gasteiger partial charge in [0.05, 0.1) is 10.6 Å². The highest BCUT2D eigenvalue weighted by atomic mass is 32.2. The van der Waals surface area contributed by atoms with Gasteiger partial charge in [-0.25, -0.2) is 26.9 Å². The van der Waals surface area contributed by atoms with E-state index in [9.17, 15) is 35.2 Å². The molecule has 0 spiro atoms. The van der Waals surface area contributed by atoms with Crippen LogP contribution >= 0.6 is 11.3 Å². The summed E-state index contributed by atoms with van der Waals surface area (Å²) in [5.41, 5.74) is -0.661. The van der Waals surface area contributed by atoms with E-state index in [1.165, 1.54) is 6.92 Å². The van der Waals surface area contributed by atoms with E-state index in [4.69, 9.17) is 0 Å². The predicted octanol–water partition coefficient (Wildman–Crippen LogP) is 3.38. The second-order valence-electron chi connectivity index (χ2n) is 6.36. The summed E-state index contributed by atoms with van der Waals surface area (Å²) in [4.78, 5) is 19.0. The molecule has 14 heteroatoms. The van der Waals surface area contributed by atoms with Crippen molar-refractivity contribution < 1.29 is 35.2 Å². The lowest BCUT2D eigenvalue weighted by Crippen LogP contribution is -2.18. The van der Waals surface area contributed by atoms with E-state index in [0.29, 0.717) is 6.07 Å². The number of carbonyl (C=O) groups excluding carboxylic acids is 1. The van der Waals surface area contributed by atoms with Gasteiger partial charge in [-0.3, -0.25) is 4.79 Å². The van der Waals surface area contributed by atoms with Crippen molar-refractivity contribution in [3.8, 4) is 11.1 Å². The van der Waals surface area contributed by atoms with Crippen molar-refractivity contribution in [3.63, 3.8) is 0 Å². The molecule has 0 radical (unpaired) electrons. The minimum Gasteiger partial charge on any atom is -0.265 e. The van der Waals surface area contributed by atoms with Crippen molar-refractivity contribution in [1.82, 2.24) is 14.8 Å². The van der Waals surface area contributed by atoms with Gasteiger partial charge in [-0.1, -0.05) is 18.3 Å². The summed E-state index contributed by atoms with van der Waals surface area (Å²) in [6.07, 6.45) is -3.74. The third-order valence-corrected chi connectivity index (χ3v) is 6.90. The molecular formula is C18H13F5N4O3S2. The third kappa shape index (κ3) is 4.91. The minimum atomic E-state index is -4.75. The van der Waals surface area contributed by atoms with Gasteiger partial charge in [0.25, 0.3) is 5.91 Å². The van der Waals surface area contributed by atoms with E-state index in [1.807, 2.05) is 0 Å². The van der Waals surface area contributed by atoms with E-state index in [-0.39, 0.29) is 22.5 Å². The van der Waals surface area contributed by atoms with Crippen LogP contribution in [0.4, 0.5) is 22.0 Å². The zero-order chi connectivity index (χ0) is 23.8. The summed E-state index contributed by atoms with van der Waals surface area (Å²) in [6, 6.07) is 3.53. The number of rotatable bonds is 4. The molecule has 0 unspecified atom stereocenters. The molecule has 0 aliphatic rings. The Morgan fingerprint density at radius 2 is 1.75 bits per heavy atom. The molecule has 0 bridgehead atoms. The van der Waals surface area contributed by atoms with Crippen LogP contribution in [0.3, 0.4) is 0 Å². The van der Waals surface area contributed by atoms with Crippen LogP contribution in [0.2, 0.25) is 0 Å². The van der Waals surface area contributed by atoms with E-state index < -0.39 is 59.7 Å². The van der Waals surface area contributed by atoms with Crippen LogP contribution in [0.1, 0.15) is 22.4 Å². The standard InChI is InChI=1S/C18H13F5N4O3S2/c1-3-32(29,30)13-6-10(9-4-11(19)7-12(20)5-9)8-24-14(13)15(28)25-17-27(2)26-16(31-17)18(21,22)23/h4-8H,3H2,1-2H3. The summed E-state index contributed by atoms with van der Waals surface area (Å²) in [6.45, 7) is 1.30. The van der Waals surface area contributed by atoms with Crippen LogP contribution in [0, 0.1) is 11.6 Å². The minimum absolute atomic E-state index is 0.00896. The fourth-order valence-electron chi connectivity index (χ4n) is 2.58. The summed E-state index contributed by atoms with van der Waals surface area (Å²) in [5, 5.41) is 1.99. The Morgan fingerprint density at radius 1 is 1.12 bits per heavy atom. The third-order valence-electron chi connectivity index (χ3n) is 4.11. The number of nitrogens with zero attached hydrogens (tertiary/aromatic N) is 4. The Bertz CT molecular complexity index is 1360. The molecule has 32 heavy (non-hydrogen) atoms. The summed E-state index contributed by atoms with van der Waals surface area (Å²) in [7, 11) is -2.94. The lowest BCUT2D eigenvalue weighted by Gasteiger charge is -2.09. The molecule has 0 atom stereocenters. The number of sulfone groups is 1. The van der Waals surface area contributed by atoms with Gasteiger partial charge in [-0.15, -0.1) is 0 Å². The fourth-order valence-corrected chi connectivity index (χ4v) is 4.38. The number of aryl methyl sites for hydroxylation is 1. The first-order valence-corrected chi connectivity index (χ1v) is 11.2. The molecule has 0 aliphatic heterocycles. The van der Waals surface area contributed by atoms with Crippen LogP contribution in [-0.4, -0.2) is 34.8 Å². The molecule has 0 aliphatic carbocycles. The van der Waals surface area contributed by atoms with Crippen molar-refractivity contribution >= 4 is 27.1 Å². The number of halogens is 5.